The van der Waals surface area contributed by atoms with Crippen molar-refractivity contribution in [1.82, 2.24) is 14.8 Å². The van der Waals surface area contributed by atoms with Crippen LogP contribution in [0.5, 0.6) is 0 Å². The molecule has 0 radical (unpaired) electrons. The molecule has 126 valence electrons. The van der Waals surface area contributed by atoms with E-state index >= 15 is 0 Å². The molecular formula is C15H15ClN4O2S2. The van der Waals surface area contributed by atoms with Gasteiger partial charge in [-0.15, -0.1) is 21.5 Å². The van der Waals surface area contributed by atoms with Crippen LogP contribution in [0.3, 0.4) is 0 Å². The van der Waals surface area contributed by atoms with Crippen LogP contribution in [0.2, 0.25) is 4.34 Å². The van der Waals surface area contributed by atoms with Gasteiger partial charge >= 0.3 is 0 Å². The highest BCUT2D eigenvalue weighted by atomic mass is 35.5. The van der Waals surface area contributed by atoms with Crippen LogP contribution in [0.4, 0.5) is 0 Å². The molecule has 9 heteroatoms. The Morgan fingerprint density at radius 3 is 2.92 bits per heavy atom. The number of carbonyl (C=O) groups is 1. The monoisotopic (exact) mass is 382 g/mol. The van der Waals surface area contributed by atoms with Gasteiger partial charge in [-0.2, -0.15) is 0 Å². The van der Waals surface area contributed by atoms with Gasteiger partial charge in [0.2, 0.25) is 5.91 Å². The predicted octanol–water partition coefficient (Wildman–Crippen LogP) is 3.34. The van der Waals surface area contributed by atoms with Crippen LogP contribution in [0.15, 0.2) is 40.1 Å². The Bertz CT molecular complexity index is 813. The summed E-state index contributed by atoms with van der Waals surface area (Å²) in [6.07, 6.45) is 2.32. The fraction of sp³-hybridized carbons (Fsp3) is 0.267. The van der Waals surface area contributed by atoms with Gasteiger partial charge in [-0.05, 0) is 24.3 Å². The molecule has 0 spiro atoms. The molecule has 0 aromatic carbocycles. The summed E-state index contributed by atoms with van der Waals surface area (Å²) in [6, 6.07) is 7.61. The summed E-state index contributed by atoms with van der Waals surface area (Å²) in [5.41, 5.74) is 5.24. The van der Waals surface area contributed by atoms with Crippen molar-refractivity contribution in [3.63, 3.8) is 0 Å². The topological polar surface area (TPSA) is 86.9 Å². The van der Waals surface area contributed by atoms with Gasteiger partial charge in [-0.1, -0.05) is 23.4 Å². The summed E-state index contributed by atoms with van der Waals surface area (Å²) in [6.45, 7) is 0.516. The Balaban J connectivity index is 1.77. The minimum Gasteiger partial charge on any atom is -0.467 e. The van der Waals surface area contributed by atoms with Gasteiger partial charge in [0.05, 0.1) is 17.1 Å². The summed E-state index contributed by atoms with van der Waals surface area (Å²) in [5.74, 6) is 1.92. The second-order valence-corrected chi connectivity index (χ2v) is 7.77. The minimum absolute atomic E-state index is 0.238. The number of nitrogens with two attached hydrogens (primary N) is 1. The molecule has 0 saturated heterocycles. The summed E-state index contributed by atoms with van der Waals surface area (Å²) in [7, 11) is 0. The summed E-state index contributed by atoms with van der Waals surface area (Å²) in [5, 5.41) is 9.23. The van der Waals surface area contributed by atoms with E-state index in [1.54, 1.807) is 29.4 Å². The summed E-state index contributed by atoms with van der Waals surface area (Å²) >= 11 is 9.08. The lowest BCUT2D eigenvalue weighted by atomic mass is 10.3. The molecule has 0 fully saturated rings. The number of furan rings is 1. The van der Waals surface area contributed by atoms with Crippen molar-refractivity contribution in [2.45, 2.75) is 30.3 Å². The zero-order valence-corrected chi connectivity index (χ0v) is 15.0. The SMILES string of the molecule is NC(=O)CCc1nnc(SCc2ccc(Cl)s2)n1Cc1ccco1. The lowest BCUT2D eigenvalue weighted by molar-refractivity contribution is -0.118. The lowest BCUT2D eigenvalue weighted by Crippen LogP contribution is -2.14. The van der Waals surface area contributed by atoms with Crippen molar-refractivity contribution in [3.05, 3.63) is 51.3 Å². The van der Waals surface area contributed by atoms with Crippen molar-refractivity contribution in [3.8, 4) is 0 Å². The zero-order chi connectivity index (χ0) is 16.9. The average Bonchev–Trinajstić information content (AvgIpc) is 3.26. The summed E-state index contributed by atoms with van der Waals surface area (Å²) < 4.78 is 8.14. The number of halogens is 1. The average molecular weight is 383 g/mol. The molecule has 0 atom stereocenters. The van der Waals surface area contributed by atoms with Gasteiger partial charge in [0, 0.05) is 23.5 Å². The van der Waals surface area contributed by atoms with Crippen molar-refractivity contribution in [2.75, 3.05) is 0 Å². The van der Waals surface area contributed by atoms with Crippen LogP contribution < -0.4 is 5.73 Å². The molecular weight excluding hydrogens is 368 g/mol. The maximum atomic E-state index is 11.1. The highest BCUT2D eigenvalue weighted by molar-refractivity contribution is 7.98. The highest BCUT2D eigenvalue weighted by Gasteiger charge is 2.15. The van der Waals surface area contributed by atoms with Crippen molar-refractivity contribution in [1.29, 1.82) is 0 Å². The Morgan fingerprint density at radius 2 is 2.25 bits per heavy atom. The van der Waals surface area contributed by atoms with E-state index in [-0.39, 0.29) is 12.3 Å². The molecule has 3 heterocycles. The number of primary amides is 1. The Morgan fingerprint density at radius 1 is 1.38 bits per heavy atom. The van der Waals surface area contributed by atoms with Gasteiger partial charge in [-0.25, -0.2) is 0 Å². The van der Waals surface area contributed by atoms with E-state index in [1.165, 1.54) is 0 Å². The fourth-order valence-electron chi connectivity index (χ4n) is 2.13. The maximum absolute atomic E-state index is 11.1. The lowest BCUT2D eigenvalue weighted by Gasteiger charge is -2.08. The van der Waals surface area contributed by atoms with Gasteiger partial charge in [0.25, 0.3) is 0 Å². The van der Waals surface area contributed by atoms with E-state index in [9.17, 15) is 4.79 Å². The maximum Gasteiger partial charge on any atom is 0.217 e. The number of nitrogens with zero attached hydrogens (tertiary/aromatic N) is 3. The van der Waals surface area contributed by atoms with Crippen molar-refractivity contribution >= 4 is 40.6 Å². The second kappa shape index (κ2) is 7.87. The van der Waals surface area contributed by atoms with E-state index < -0.39 is 0 Å². The predicted molar refractivity (Wildman–Crippen MR) is 94.2 cm³/mol. The standard InChI is InChI=1S/C15H15ClN4O2S2/c16-12-4-3-11(24-12)9-23-15-19-18-14(6-5-13(17)21)20(15)8-10-2-1-7-22-10/h1-4,7H,5-6,8-9H2,(H2,17,21). The molecule has 3 aromatic rings. The van der Waals surface area contributed by atoms with Gasteiger partial charge in [0.1, 0.15) is 11.6 Å². The van der Waals surface area contributed by atoms with E-state index in [2.05, 4.69) is 10.2 Å². The van der Waals surface area contributed by atoms with E-state index in [1.807, 2.05) is 28.8 Å². The number of hydrogen-bond donors (Lipinski definition) is 1. The molecule has 2 N–H and O–H groups in total. The third-order valence-electron chi connectivity index (χ3n) is 3.25. The first-order valence-corrected chi connectivity index (χ1v) is 9.39. The Kier molecular flexibility index (Phi) is 5.60. The van der Waals surface area contributed by atoms with Crippen LogP contribution in [0.25, 0.3) is 0 Å². The van der Waals surface area contributed by atoms with Crippen LogP contribution >= 0.6 is 34.7 Å². The number of thiophene rings is 1. The normalized spacial score (nSPS) is 11.0. The molecule has 0 saturated carbocycles. The molecule has 0 aliphatic rings. The van der Waals surface area contributed by atoms with E-state index in [0.717, 1.165) is 31.7 Å². The molecule has 6 nitrogen and oxygen atoms in total. The quantitative estimate of drug-likeness (QED) is 0.603. The minimum atomic E-state index is -0.357. The molecule has 1 amide bonds. The Labute approximate surface area is 152 Å². The van der Waals surface area contributed by atoms with Crippen molar-refractivity contribution in [2.24, 2.45) is 5.73 Å². The first kappa shape index (κ1) is 17.1. The van der Waals surface area contributed by atoms with E-state index in [4.69, 9.17) is 21.8 Å². The molecule has 0 bridgehead atoms. The van der Waals surface area contributed by atoms with Crippen LogP contribution in [0.1, 0.15) is 22.9 Å². The first-order valence-electron chi connectivity index (χ1n) is 7.21. The van der Waals surface area contributed by atoms with Crippen LogP contribution in [-0.2, 0) is 23.5 Å². The number of carbonyl (C=O) groups excluding carboxylic acids is 1. The Hall–Kier alpha value is -1.77. The fourth-order valence-corrected chi connectivity index (χ4v) is 4.22. The van der Waals surface area contributed by atoms with Crippen LogP contribution in [-0.4, -0.2) is 20.7 Å². The molecule has 3 aromatic heterocycles. The third-order valence-corrected chi connectivity index (χ3v) is 5.68. The molecule has 0 aliphatic heterocycles. The molecule has 3 rings (SSSR count). The van der Waals surface area contributed by atoms with Crippen molar-refractivity contribution < 1.29 is 9.21 Å². The third kappa shape index (κ3) is 4.40. The molecule has 0 aliphatic carbocycles. The number of hydrogen-bond acceptors (Lipinski definition) is 6. The molecule has 0 unspecified atom stereocenters. The first-order chi connectivity index (χ1) is 11.6. The van der Waals surface area contributed by atoms with E-state index in [0.29, 0.717) is 13.0 Å². The number of amides is 1. The second-order valence-electron chi connectivity index (χ2n) is 5.03. The zero-order valence-electron chi connectivity index (χ0n) is 12.6. The smallest absolute Gasteiger partial charge is 0.217 e. The molecule has 24 heavy (non-hydrogen) atoms. The number of aromatic nitrogens is 3. The number of aryl methyl sites for hydroxylation is 1. The summed E-state index contributed by atoms with van der Waals surface area (Å²) in [4.78, 5) is 12.2. The largest absolute Gasteiger partial charge is 0.467 e. The van der Waals surface area contributed by atoms with Gasteiger partial charge < -0.3 is 10.2 Å². The number of rotatable bonds is 8. The highest BCUT2D eigenvalue weighted by Crippen LogP contribution is 2.29. The number of thioether (sulfide) groups is 1. The van der Waals surface area contributed by atoms with Gasteiger partial charge in [-0.3, -0.25) is 9.36 Å². The van der Waals surface area contributed by atoms with Crippen LogP contribution in [0, 0.1) is 0 Å². The van der Waals surface area contributed by atoms with Gasteiger partial charge in [0.15, 0.2) is 5.16 Å².